The molecule has 148 valence electrons. The first-order valence-corrected chi connectivity index (χ1v) is 11.1. The Bertz CT molecular complexity index is 976. The molecule has 2 aromatic carbocycles. The molecule has 1 heterocycles. The highest BCUT2D eigenvalue weighted by molar-refractivity contribution is 7.91. The summed E-state index contributed by atoms with van der Waals surface area (Å²) in [6.45, 7) is 3.90. The molecular weight excluding hydrogens is 374 g/mol. The molecule has 5 nitrogen and oxygen atoms in total. The fourth-order valence-electron chi connectivity index (χ4n) is 3.60. The smallest absolute Gasteiger partial charge is 0.153 e. The zero-order valence-corrected chi connectivity index (χ0v) is 16.9. The lowest BCUT2D eigenvalue weighted by atomic mass is 9.78. The number of nitrogens with zero attached hydrogens (tertiary/aromatic N) is 1. The number of ether oxygens (including phenoxy) is 1. The van der Waals surface area contributed by atoms with Gasteiger partial charge < -0.3 is 9.84 Å². The van der Waals surface area contributed by atoms with Gasteiger partial charge in [-0.15, -0.1) is 0 Å². The van der Waals surface area contributed by atoms with Crippen LogP contribution in [0.2, 0.25) is 0 Å². The summed E-state index contributed by atoms with van der Waals surface area (Å²) < 4.78 is 30.3. The molecule has 2 aromatic rings. The molecule has 0 bridgehead atoms. The molecule has 1 saturated heterocycles. The number of rotatable bonds is 5. The molecule has 1 fully saturated rings. The first-order valence-electron chi connectivity index (χ1n) is 9.39. The predicted octanol–water partition coefficient (Wildman–Crippen LogP) is 3.27. The lowest BCUT2D eigenvalue weighted by Gasteiger charge is -2.40. The van der Waals surface area contributed by atoms with Crippen LogP contribution in [0.1, 0.15) is 31.4 Å². The Kier molecular flexibility index (Phi) is 5.90. The van der Waals surface area contributed by atoms with E-state index in [1.165, 1.54) is 0 Å². The fourth-order valence-corrected chi connectivity index (χ4v) is 4.92. The Hall–Kier alpha value is -2.20. The van der Waals surface area contributed by atoms with Gasteiger partial charge in [0.05, 0.1) is 34.8 Å². The van der Waals surface area contributed by atoms with Crippen molar-refractivity contribution in [2.45, 2.75) is 31.1 Å². The van der Waals surface area contributed by atoms with Crippen molar-refractivity contribution in [2.75, 3.05) is 19.0 Å². The number of benzene rings is 2. The van der Waals surface area contributed by atoms with Crippen LogP contribution >= 0.6 is 0 Å². The van der Waals surface area contributed by atoms with Crippen molar-refractivity contribution in [1.82, 2.24) is 0 Å². The molecule has 6 heteroatoms. The molecule has 3 rings (SSSR count). The maximum Gasteiger partial charge on any atom is 0.153 e. The summed E-state index contributed by atoms with van der Waals surface area (Å²) >= 11 is 0. The highest BCUT2D eigenvalue weighted by atomic mass is 32.2. The minimum atomic E-state index is -3.31. The predicted molar refractivity (Wildman–Crippen MR) is 108 cm³/mol. The van der Waals surface area contributed by atoms with Gasteiger partial charge in [-0.3, -0.25) is 0 Å². The van der Waals surface area contributed by atoms with Crippen LogP contribution in [-0.2, 0) is 20.2 Å². The molecule has 0 spiro atoms. The summed E-state index contributed by atoms with van der Waals surface area (Å²) in [4.78, 5) is 0. The van der Waals surface area contributed by atoms with Crippen molar-refractivity contribution in [1.29, 1.82) is 5.26 Å². The van der Waals surface area contributed by atoms with Crippen LogP contribution in [-0.4, -0.2) is 37.7 Å². The van der Waals surface area contributed by atoms with E-state index in [1.807, 2.05) is 42.5 Å². The van der Waals surface area contributed by atoms with Crippen LogP contribution in [0.5, 0.6) is 0 Å². The number of hydrogen-bond acceptors (Lipinski definition) is 5. The Morgan fingerprint density at radius 1 is 1.21 bits per heavy atom. The van der Waals surface area contributed by atoms with E-state index in [4.69, 9.17) is 4.74 Å². The summed E-state index contributed by atoms with van der Waals surface area (Å²) in [5.41, 5.74) is 1.71. The van der Waals surface area contributed by atoms with Crippen LogP contribution < -0.4 is 0 Å². The van der Waals surface area contributed by atoms with E-state index in [-0.39, 0.29) is 12.4 Å². The molecule has 1 aliphatic rings. The van der Waals surface area contributed by atoms with Crippen molar-refractivity contribution >= 4 is 9.84 Å². The van der Waals surface area contributed by atoms with Gasteiger partial charge in [-0.05, 0) is 36.6 Å². The van der Waals surface area contributed by atoms with Crippen molar-refractivity contribution in [3.05, 3.63) is 59.7 Å². The van der Waals surface area contributed by atoms with Crippen molar-refractivity contribution in [3.63, 3.8) is 0 Å². The summed E-state index contributed by atoms with van der Waals surface area (Å²) in [5.74, 6) is -0.633. The van der Waals surface area contributed by atoms with E-state index >= 15 is 0 Å². The first kappa shape index (κ1) is 20.5. The lowest BCUT2D eigenvalue weighted by Crippen LogP contribution is -2.46. The van der Waals surface area contributed by atoms with E-state index in [2.05, 4.69) is 6.07 Å². The molecule has 0 radical (unpaired) electrons. The van der Waals surface area contributed by atoms with Gasteiger partial charge in [0.2, 0.25) is 0 Å². The van der Waals surface area contributed by atoms with Gasteiger partial charge in [0.1, 0.15) is 0 Å². The van der Waals surface area contributed by atoms with Crippen LogP contribution in [0.15, 0.2) is 48.5 Å². The number of nitriles is 1. The average Bonchev–Trinajstić information content (AvgIpc) is 2.69. The average molecular weight is 400 g/mol. The van der Waals surface area contributed by atoms with E-state index in [9.17, 15) is 18.8 Å². The molecule has 28 heavy (non-hydrogen) atoms. The minimum absolute atomic E-state index is 0.111. The molecule has 0 saturated carbocycles. The van der Waals surface area contributed by atoms with Gasteiger partial charge >= 0.3 is 0 Å². The Labute approximate surface area is 166 Å². The van der Waals surface area contributed by atoms with E-state index < -0.39 is 26.6 Å². The largest absolute Gasteiger partial charge is 0.385 e. The third kappa shape index (κ3) is 3.97. The van der Waals surface area contributed by atoms with E-state index in [0.29, 0.717) is 24.2 Å². The van der Waals surface area contributed by atoms with Crippen LogP contribution in [0, 0.1) is 17.2 Å². The van der Waals surface area contributed by atoms with Crippen LogP contribution in [0.3, 0.4) is 0 Å². The van der Waals surface area contributed by atoms with Gasteiger partial charge in [0, 0.05) is 18.9 Å². The summed E-state index contributed by atoms with van der Waals surface area (Å²) in [6, 6.07) is 16.9. The van der Waals surface area contributed by atoms with Crippen LogP contribution in [0.25, 0.3) is 11.1 Å². The highest BCUT2D eigenvalue weighted by Gasteiger charge is 2.43. The maximum absolute atomic E-state index is 12.4. The zero-order valence-electron chi connectivity index (χ0n) is 16.1. The molecule has 0 amide bonds. The van der Waals surface area contributed by atoms with Crippen molar-refractivity contribution < 1.29 is 18.3 Å². The van der Waals surface area contributed by atoms with Gasteiger partial charge in [0.15, 0.2) is 9.84 Å². The number of hydrogen-bond donors (Lipinski definition) is 1. The SMILES string of the molecule is CC(C)S(=O)(=O)C[C@H]1COCC[C@]1(O)c1ccc(-c2ccccc2C#N)cc1. The first-order chi connectivity index (χ1) is 13.3. The molecule has 2 atom stereocenters. The van der Waals surface area contributed by atoms with Crippen LogP contribution in [0.4, 0.5) is 0 Å². The zero-order chi connectivity index (χ0) is 20.4. The van der Waals surface area contributed by atoms with Crippen molar-refractivity contribution in [2.24, 2.45) is 5.92 Å². The molecule has 0 unspecified atom stereocenters. The van der Waals surface area contributed by atoms with Gasteiger partial charge in [-0.1, -0.05) is 42.5 Å². The third-order valence-electron chi connectivity index (χ3n) is 5.52. The molecule has 0 aliphatic carbocycles. The second-order valence-corrected chi connectivity index (χ2v) is 10.2. The summed E-state index contributed by atoms with van der Waals surface area (Å²) in [5, 5.41) is 20.2. The third-order valence-corrected chi connectivity index (χ3v) is 7.82. The molecule has 1 aliphatic heterocycles. The second kappa shape index (κ2) is 8.04. The summed E-state index contributed by atoms with van der Waals surface area (Å²) in [6.07, 6.45) is 0.347. The Morgan fingerprint density at radius 2 is 1.89 bits per heavy atom. The molecule has 1 N–H and O–H groups in total. The van der Waals surface area contributed by atoms with Gasteiger partial charge in [-0.25, -0.2) is 8.42 Å². The summed E-state index contributed by atoms with van der Waals surface area (Å²) in [7, 11) is -3.31. The van der Waals surface area contributed by atoms with Gasteiger partial charge in [-0.2, -0.15) is 5.26 Å². The topological polar surface area (TPSA) is 87.4 Å². The molecular formula is C22H25NO4S. The fraction of sp³-hybridized carbons (Fsp3) is 0.409. The monoisotopic (exact) mass is 399 g/mol. The number of aliphatic hydroxyl groups is 1. The normalized spacial score (nSPS) is 22.8. The Morgan fingerprint density at radius 3 is 2.54 bits per heavy atom. The second-order valence-electron chi connectivity index (χ2n) is 7.56. The van der Waals surface area contributed by atoms with E-state index in [1.54, 1.807) is 19.9 Å². The van der Waals surface area contributed by atoms with E-state index in [0.717, 1.165) is 11.1 Å². The van der Waals surface area contributed by atoms with Gasteiger partial charge in [0.25, 0.3) is 0 Å². The standard InChI is InChI=1S/C22H25NO4S/c1-16(2)28(25,26)15-20-14-27-12-11-22(20,24)19-9-7-17(8-10-19)21-6-4-3-5-18(21)13-23/h3-10,16,20,24H,11-12,14-15H2,1-2H3/t20-,22+/m1/s1. The Balaban J connectivity index is 1.93. The molecule has 0 aromatic heterocycles. The van der Waals surface area contributed by atoms with Crippen molar-refractivity contribution in [3.8, 4) is 17.2 Å². The quantitative estimate of drug-likeness (QED) is 0.834. The lowest BCUT2D eigenvalue weighted by molar-refractivity contribution is -0.110. The minimum Gasteiger partial charge on any atom is -0.385 e. The highest BCUT2D eigenvalue weighted by Crippen LogP contribution is 2.38. The maximum atomic E-state index is 12.4. The number of sulfone groups is 1.